The number of hydrogen-bond donors (Lipinski definition) is 1. The number of aliphatic hydroxyl groups is 1. The third kappa shape index (κ3) is 9.69. The van der Waals surface area contributed by atoms with Gasteiger partial charge in [-0.25, -0.2) is 0 Å². The SMILES string of the molecule is CC(C)(C)c1cc(-c2nccc3c4ccc(C[Si](C)(C)C)cc4n(-c4ccccc4)c23)[c-]c2ccccc12.CCC(CC)C(=O)/C=C(\O)C(CC)CC.[Ir]. The zero-order valence-corrected chi connectivity index (χ0v) is 37.4. The molecular weight excluding hydrogens is 857 g/mol. The minimum atomic E-state index is -1.26. The molecular formula is C48H59IrN2O2Si-. The van der Waals surface area contributed by atoms with E-state index < -0.39 is 8.07 Å². The average Bonchev–Trinajstić information content (AvgIpc) is 3.45. The maximum atomic E-state index is 11.7. The summed E-state index contributed by atoms with van der Waals surface area (Å²) in [6.45, 7) is 22.2. The fraction of sp³-hybridized carbons (Fsp3) is 0.375. The van der Waals surface area contributed by atoms with Gasteiger partial charge in [0.15, 0.2) is 5.78 Å². The Morgan fingerprint density at radius 2 is 1.44 bits per heavy atom. The Hall–Kier alpha value is -3.83. The van der Waals surface area contributed by atoms with Gasteiger partial charge in [0.05, 0.1) is 11.3 Å². The van der Waals surface area contributed by atoms with Crippen LogP contribution in [0.15, 0.2) is 103 Å². The quantitative estimate of drug-likeness (QED) is 0.0610. The predicted octanol–water partition coefficient (Wildman–Crippen LogP) is 13.4. The fourth-order valence-corrected chi connectivity index (χ4v) is 8.98. The summed E-state index contributed by atoms with van der Waals surface area (Å²) in [6.07, 6.45) is 6.87. The molecule has 1 radical (unpaired) electrons. The van der Waals surface area contributed by atoms with Crippen LogP contribution in [0.4, 0.5) is 0 Å². The van der Waals surface area contributed by atoms with Crippen molar-refractivity contribution in [1.29, 1.82) is 0 Å². The first-order valence-electron chi connectivity index (χ1n) is 19.6. The zero-order chi connectivity index (χ0) is 38.5. The molecule has 0 aliphatic carbocycles. The summed E-state index contributed by atoms with van der Waals surface area (Å²) < 4.78 is 2.42. The molecule has 2 aromatic heterocycles. The van der Waals surface area contributed by atoms with E-state index in [2.05, 4.69) is 136 Å². The number of ketones is 1. The van der Waals surface area contributed by atoms with Gasteiger partial charge >= 0.3 is 0 Å². The van der Waals surface area contributed by atoms with Crippen molar-refractivity contribution in [2.75, 3.05) is 0 Å². The molecule has 0 bridgehead atoms. The molecule has 0 atom stereocenters. The summed E-state index contributed by atoms with van der Waals surface area (Å²) in [5, 5.41) is 14.6. The molecule has 54 heavy (non-hydrogen) atoms. The van der Waals surface area contributed by atoms with Crippen molar-refractivity contribution in [2.45, 2.75) is 105 Å². The van der Waals surface area contributed by atoms with Gasteiger partial charge in [-0.1, -0.05) is 128 Å². The first-order chi connectivity index (χ1) is 25.2. The third-order valence-corrected chi connectivity index (χ3v) is 11.9. The average molecular weight is 916 g/mol. The number of carbonyl (C=O) groups is 1. The van der Waals surface area contributed by atoms with Gasteiger partial charge in [0, 0.05) is 80.0 Å². The van der Waals surface area contributed by atoms with E-state index in [1.807, 2.05) is 33.9 Å². The number of rotatable bonds is 11. The topological polar surface area (TPSA) is 55.1 Å². The summed E-state index contributed by atoms with van der Waals surface area (Å²) >= 11 is 0. The number of para-hydroxylation sites is 1. The predicted molar refractivity (Wildman–Crippen MR) is 230 cm³/mol. The van der Waals surface area contributed by atoms with Gasteiger partial charge < -0.3 is 9.67 Å². The largest absolute Gasteiger partial charge is 0.512 e. The summed E-state index contributed by atoms with van der Waals surface area (Å²) in [6, 6.07) is 35.8. The van der Waals surface area contributed by atoms with E-state index in [-0.39, 0.29) is 48.9 Å². The fourth-order valence-electron chi connectivity index (χ4n) is 7.53. The van der Waals surface area contributed by atoms with Crippen molar-refractivity contribution in [1.82, 2.24) is 9.55 Å². The van der Waals surface area contributed by atoms with Crippen molar-refractivity contribution < 1.29 is 30.0 Å². The molecule has 6 aromatic rings. The molecule has 4 aromatic carbocycles. The van der Waals surface area contributed by atoms with Gasteiger partial charge in [0.2, 0.25) is 0 Å². The Labute approximate surface area is 338 Å². The molecule has 0 unspecified atom stereocenters. The van der Waals surface area contributed by atoms with Gasteiger partial charge in [-0.2, -0.15) is 0 Å². The molecule has 0 saturated heterocycles. The molecule has 1 N–H and O–H groups in total. The Bertz CT molecular complexity index is 2220. The van der Waals surface area contributed by atoms with Crippen LogP contribution in [-0.2, 0) is 36.4 Å². The van der Waals surface area contributed by atoms with E-state index in [1.54, 1.807) is 0 Å². The number of carbonyl (C=O) groups excluding carboxylic acids is 1. The second-order valence-electron chi connectivity index (χ2n) is 16.7. The van der Waals surface area contributed by atoms with Crippen LogP contribution in [0.25, 0.3) is 49.5 Å². The van der Waals surface area contributed by atoms with Crippen LogP contribution in [0.3, 0.4) is 0 Å². The molecule has 287 valence electrons. The van der Waals surface area contributed by atoms with Crippen molar-refractivity contribution in [3.05, 3.63) is 120 Å². The van der Waals surface area contributed by atoms with Crippen LogP contribution < -0.4 is 0 Å². The summed E-state index contributed by atoms with van der Waals surface area (Å²) in [4.78, 5) is 16.7. The number of fused-ring (bicyclic) bond motifs is 4. The maximum Gasteiger partial charge on any atom is 0.162 e. The number of aromatic nitrogens is 2. The summed E-state index contributed by atoms with van der Waals surface area (Å²) in [5.41, 5.74) is 8.29. The molecule has 0 amide bonds. The van der Waals surface area contributed by atoms with Crippen molar-refractivity contribution in [2.24, 2.45) is 11.8 Å². The minimum Gasteiger partial charge on any atom is -0.512 e. The Kier molecular flexibility index (Phi) is 14.5. The molecule has 0 saturated carbocycles. The zero-order valence-electron chi connectivity index (χ0n) is 34.0. The number of nitrogens with zero attached hydrogens (tertiary/aromatic N) is 2. The Morgan fingerprint density at radius 3 is 2.06 bits per heavy atom. The van der Waals surface area contributed by atoms with Crippen LogP contribution in [0.1, 0.15) is 85.3 Å². The molecule has 4 nitrogen and oxygen atoms in total. The number of hydrogen-bond acceptors (Lipinski definition) is 3. The van der Waals surface area contributed by atoms with Crippen molar-refractivity contribution in [3.8, 4) is 16.9 Å². The van der Waals surface area contributed by atoms with Crippen molar-refractivity contribution >= 4 is 46.4 Å². The minimum absolute atomic E-state index is 0. The smallest absolute Gasteiger partial charge is 0.162 e. The number of benzene rings is 4. The monoisotopic (exact) mass is 916 g/mol. The maximum absolute atomic E-state index is 11.7. The van der Waals surface area contributed by atoms with Gasteiger partial charge in [-0.15, -0.1) is 29.1 Å². The van der Waals surface area contributed by atoms with Crippen LogP contribution in [-0.4, -0.2) is 28.5 Å². The van der Waals surface area contributed by atoms with Crippen LogP contribution in [0.5, 0.6) is 0 Å². The molecule has 0 aliphatic rings. The molecule has 6 heteroatoms. The number of pyridine rings is 1. The standard InChI is InChI=1S/C35H35N2Si.C13H24O2.Ir/c1-35(2,3)31-22-26(21-25-12-10-11-15-28(25)31)33-34-30(18-19-36-33)29-17-16-24(23-38(4,5)6)20-32(29)37(34)27-13-8-7-9-14-27;1-5-10(6-2)12(14)9-13(15)11(7-3)8-4;/h7-20,22H,23H2,1-6H3;9-11,14H,5-8H2,1-4H3;/q-1;;/b;12-9-;. The molecule has 0 spiro atoms. The van der Waals surface area contributed by atoms with Gasteiger partial charge in [-0.3, -0.25) is 9.78 Å². The van der Waals surface area contributed by atoms with E-state index in [9.17, 15) is 9.90 Å². The van der Waals surface area contributed by atoms with Crippen LogP contribution in [0, 0.1) is 17.9 Å². The van der Waals surface area contributed by atoms with Crippen molar-refractivity contribution in [3.63, 3.8) is 0 Å². The van der Waals surface area contributed by atoms with Crippen LogP contribution >= 0.6 is 0 Å². The summed E-state index contributed by atoms with van der Waals surface area (Å²) in [5.74, 6) is 0.547. The van der Waals surface area contributed by atoms with E-state index in [0.717, 1.165) is 59.6 Å². The third-order valence-electron chi connectivity index (χ3n) is 10.4. The molecule has 6 rings (SSSR count). The van der Waals surface area contributed by atoms with Gasteiger partial charge in [0.25, 0.3) is 0 Å². The molecule has 0 aliphatic heterocycles. The molecule has 0 fully saturated rings. The van der Waals surface area contributed by atoms with E-state index in [4.69, 9.17) is 4.98 Å². The number of aliphatic hydroxyl groups excluding tert-OH is 1. The Balaban J connectivity index is 0.000000347. The Morgan fingerprint density at radius 1 is 0.815 bits per heavy atom. The second kappa shape index (κ2) is 18.2. The summed E-state index contributed by atoms with van der Waals surface area (Å²) in [7, 11) is -1.26. The van der Waals surface area contributed by atoms with Crippen LogP contribution in [0.2, 0.25) is 19.6 Å². The number of allylic oxidation sites excluding steroid dienone is 2. The second-order valence-corrected chi connectivity index (χ2v) is 22.2. The first kappa shape index (κ1) is 42.9. The molecule has 2 heterocycles. The van der Waals surface area contributed by atoms with Gasteiger partial charge in [0.1, 0.15) is 0 Å². The normalized spacial score (nSPS) is 12.3. The van der Waals surface area contributed by atoms with Gasteiger partial charge in [-0.05, 0) is 67.0 Å². The van der Waals surface area contributed by atoms with E-state index in [1.165, 1.54) is 38.9 Å². The van der Waals surface area contributed by atoms with E-state index >= 15 is 0 Å². The first-order valence-corrected chi connectivity index (χ1v) is 23.3. The van der Waals surface area contributed by atoms with E-state index in [0.29, 0.717) is 0 Å².